The Kier molecular flexibility index (Phi) is 4.30. The van der Waals surface area contributed by atoms with Crippen LogP contribution < -0.4 is 41.9 Å². The number of rotatable bonds is 0. The molecule has 8 heteroatoms. The summed E-state index contributed by atoms with van der Waals surface area (Å²) >= 11 is 0. The van der Waals surface area contributed by atoms with Crippen LogP contribution in [0.5, 0.6) is 46.0 Å². The second-order valence-corrected chi connectivity index (χ2v) is 13.2. The van der Waals surface area contributed by atoms with Gasteiger partial charge in [0, 0.05) is 29.7 Å². The fourth-order valence-corrected chi connectivity index (χ4v) is 7.61. The molecule has 0 saturated heterocycles. The highest BCUT2D eigenvalue weighted by atomic mass is 16.6. The fourth-order valence-electron chi connectivity index (χ4n) is 7.61. The van der Waals surface area contributed by atoms with Gasteiger partial charge >= 0.3 is 0 Å². The van der Waals surface area contributed by atoms with Gasteiger partial charge in [-0.3, -0.25) is 0 Å². The van der Waals surface area contributed by atoms with Crippen molar-refractivity contribution in [2.75, 3.05) is 22.9 Å². The van der Waals surface area contributed by atoms with Crippen LogP contribution >= 0.6 is 0 Å². The largest absolute Gasteiger partial charge is 0.449 e. The van der Waals surface area contributed by atoms with Gasteiger partial charge in [-0.1, -0.05) is 27.7 Å². The van der Waals surface area contributed by atoms with E-state index in [1.54, 1.807) is 24.3 Å². The summed E-state index contributed by atoms with van der Waals surface area (Å²) in [5.41, 5.74) is 30.6. The Balaban J connectivity index is 1.29. The molecule has 0 bridgehead atoms. The van der Waals surface area contributed by atoms with Gasteiger partial charge in [-0.05, 0) is 70.2 Å². The highest BCUT2D eigenvalue weighted by Gasteiger charge is 2.57. The molecule has 2 aliphatic heterocycles. The molecular weight excluding hydrogens is 516 g/mol. The van der Waals surface area contributed by atoms with Crippen LogP contribution in [0.1, 0.15) is 62.8 Å². The van der Waals surface area contributed by atoms with E-state index in [1.807, 2.05) is 0 Å². The van der Waals surface area contributed by atoms with E-state index in [2.05, 4.69) is 52.0 Å². The second-order valence-electron chi connectivity index (χ2n) is 13.2. The lowest BCUT2D eigenvalue weighted by atomic mass is 9.72. The van der Waals surface area contributed by atoms with Crippen LogP contribution in [0, 0.1) is 0 Å². The smallest absolute Gasteiger partial charge is 0.172 e. The lowest BCUT2D eigenvalue weighted by molar-refractivity contribution is 0.348. The molecular formula is C33H32N4O4. The molecule has 8 nitrogen and oxygen atoms in total. The quantitative estimate of drug-likeness (QED) is 0.143. The van der Waals surface area contributed by atoms with Crippen LogP contribution in [-0.4, -0.2) is 0 Å². The Hall–Kier alpha value is -4.72. The van der Waals surface area contributed by atoms with Gasteiger partial charge < -0.3 is 41.9 Å². The van der Waals surface area contributed by atoms with Crippen LogP contribution in [-0.2, 0) is 16.2 Å². The Labute approximate surface area is 238 Å². The second kappa shape index (κ2) is 7.32. The Morgan fingerprint density at radius 2 is 0.659 bits per heavy atom. The van der Waals surface area contributed by atoms with E-state index in [4.69, 9.17) is 41.9 Å². The molecule has 1 spiro atoms. The Morgan fingerprint density at radius 3 is 0.951 bits per heavy atom. The molecule has 41 heavy (non-hydrogen) atoms. The number of ether oxygens (including phenoxy) is 4. The van der Waals surface area contributed by atoms with Crippen LogP contribution in [0.3, 0.4) is 0 Å². The topological polar surface area (TPSA) is 141 Å². The third-order valence-corrected chi connectivity index (χ3v) is 9.32. The van der Waals surface area contributed by atoms with Crippen LogP contribution in [0.15, 0.2) is 48.5 Å². The maximum atomic E-state index is 6.37. The number of hydrogen-bond acceptors (Lipinski definition) is 8. The molecule has 2 heterocycles. The number of hydrogen-bond donors (Lipinski definition) is 4. The number of nitrogens with two attached hydrogens (primary N) is 4. The molecule has 0 fully saturated rings. The molecule has 0 aromatic heterocycles. The number of anilines is 4. The zero-order valence-corrected chi connectivity index (χ0v) is 23.5. The molecule has 4 aromatic rings. The van der Waals surface area contributed by atoms with Gasteiger partial charge in [0.15, 0.2) is 46.0 Å². The zero-order valence-electron chi connectivity index (χ0n) is 23.5. The lowest BCUT2D eigenvalue weighted by Crippen LogP contribution is -2.27. The summed E-state index contributed by atoms with van der Waals surface area (Å²) in [6.45, 7) is 9.21. The summed E-state index contributed by atoms with van der Waals surface area (Å²) in [5, 5.41) is 0. The first kappa shape index (κ1) is 24.1. The summed E-state index contributed by atoms with van der Waals surface area (Å²) in [7, 11) is 0. The van der Waals surface area contributed by atoms with Crippen molar-refractivity contribution in [3.8, 4) is 46.0 Å². The molecule has 4 aliphatic rings. The maximum absolute atomic E-state index is 6.37. The van der Waals surface area contributed by atoms with Crippen molar-refractivity contribution in [1.29, 1.82) is 0 Å². The van der Waals surface area contributed by atoms with Crippen molar-refractivity contribution >= 4 is 22.7 Å². The first-order valence-electron chi connectivity index (χ1n) is 13.8. The van der Waals surface area contributed by atoms with Gasteiger partial charge in [0.25, 0.3) is 0 Å². The summed E-state index contributed by atoms with van der Waals surface area (Å²) < 4.78 is 25.4. The summed E-state index contributed by atoms with van der Waals surface area (Å²) in [6, 6.07) is 15.5. The van der Waals surface area contributed by atoms with Gasteiger partial charge in [0.1, 0.15) is 0 Å². The molecule has 208 valence electrons. The minimum absolute atomic E-state index is 0.113. The zero-order chi connectivity index (χ0) is 28.6. The maximum Gasteiger partial charge on any atom is 0.172 e. The average Bonchev–Trinajstić information content (AvgIpc) is 3.24. The van der Waals surface area contributed by atoms with Gasteiger partial charge in [-0.15, -0.1) is 0 Å². The molecule has 0 unspecified atom stereocenters. The molecule has 8 N–H and O–H groups in total. The van der Waals surface area contributed by atoms with Gasteiger partial charge in [-0.2, -0.15) is 0 Å². The van der Waals surface area contributed by atoms with Gasteiger partial charge in [-0.25, -0.2) is 0 Å². The number of benzene rings is 4. The first-order chi connectivity index (χ1) is 19.3. The minimum Gasteiger partial charge on any atom is -0.449 e. The Morgan fingerprint density at radius 1 is 0.415 bits per heavy atom. The van der Waals surface area contributed by atoms with Gasteiger partial charge in [0.2, 0.25) is 0 Å². The predicted molar refractivity (Wildman–Crippen MR) is 160 cm³/mol. The lowest BCUT2D eigenvalue weighted by Gasteiger charge is -2.31. The van der Waals surface area contributed by atoms with E-state index in [1.165, 1.54) is 22.3 Å². The van der Waals surface area contributed by atoms with E-state index in [0.717, 1.165) is 12.8 Å². The minimum atomic E-state index is -0.255. The van der Waals surface area contributed by atoms with Crippen molar-refractivity contribution in [2.45, 2.75) is 56.8 Å². The number of nitrogen functional groups attached to an aromatic ring is 4. The first-order valence-corrected chi connectivity index (χ1v) is 13.8. The normalized spacial score (nSPS) is 18.8. The van der Waals surface area contributed by atoms with E-state index in [-0.39, 0.29) is 16.2 Å². The standard InChI is InChI=1S/C33H32N4O4/c1-31(2)13-33(17-7-25-23(5-15(17)31)38-27-9-19(34)21(36)11-29(27)40-25)14-32(3,4)16-6-24-26(8-18(16)33)41-30-12-22(37)20(35)10-28(30)39-24/h5-12H,13-14,34-37H2,1-4H3. The van der Waals surface area contributed by atoms with E-state index in [9.17, 15) is 0 Å². The predicted octanol–water partition coefficient (Wildman–Crippen LogP) is 7.46. The third-order valence-electron chi connectivity index (χ3n) is 9.32. The number of fused-ring (bicyclic) bond motifs is 8. The monoisotopic (exact) mass is 548 g/mol. The third kappa shape index (κ3) is 3.16. The Bertz CT molecular complexity index is 1720. The summed E-state index contributed by atoms with van der Waals surface area (Å²) in [4.78, 5) is 0. The molecule has 8 rings (SSSR count). The molecule has 0 amide bonds. The van der Waals surface area contributed by atoms with E-state index < -0.39 is 0 Å². The molecule has 2 aliphatic carbocycles. The summed E-state index contributed by atoms with van der Waals surface area (Å²) in [6.07, 6.45) is 1.86. The van der Waals surface area contributed by atoms with Crippen LogP contribution in [0.4, 0.5) is 22.7 Å². The van der Waals surface area contributed by atoms with E-state index in [0.29, 0.717) is 68.7 Å². The van der Waals surface area contributed by atoms with Crippen molar-refractivity contribution in [2.24, 2.45) is 0 Å². The highest BCUT2D eigenvalue weighted by molar-refractivity contribution is 5.75. The average molecular weight is 549 g/mol. The SMILES string of the molecule is CC1(C)CC2(CC(C)(C)c3cc4c(cc32)Oc2cc(N)c(N)cc2O4)c2cc3c(cc21)Oc1cc(N)c(N)cc1O3. The van der Waals surface area contributed by atoms with Crippen molar-refractivity contribution < 1.29 is 18.9 Å². The molecule has 0 saturated carbocycles. The van der Waals surface area contributed by atoms with Crippen molar-refractivity contribution in [1.82, 2.24) is 0 Å². The molecule has 4 aromatic carbocycles. The molecule has 0 radical (unpaired) electrons. The van der Waals surface area contributed by atoms with Crippen molar-refractivity contribution in [3.63, 3.8) is 0 Å². The highest BCUT2D eigenvalue weighted by Crippen LogP contribution is 2.66. The van der Waals surface area contributed by atoms with Crippen LogP contribution in [0.25, 0.3) is 0 Å². The summed E-state index contributed by atoms with van der Waals surface area (Å²) in [5.74, 6) is 4.94. The fraction of sp³-hybridized carbons (Fsp3) is 0.273. The van der Waals surface area contributed by atoms with E-state index >= 15 is 0 Å². The van der Waals surface area contributed by atoms with Gasteiger partial charge in [0.05, 0.1) is 22.7 Å². The molecule has 0 atom stereocenters. The van der Waals surface area contributed by atoms with Crippen LogP contribution in [0.2, 0.25) is 0 Å². The van der Waals surface area contributed by atoms with Crippen molar-refractivity contribution in [3.05, 3.63) is 70.8 Å².